The van der Waals surface area contributed by atoms with Gasteiger partial charge in [0.2, 0.25) is 11.7 Å². The van der Waals surface area contributed by atoms with Crippen LogP contribution >= 0.6 is 22.6 Å². The Hall–Kier alpha value is -0.980. The average Bonchev–Trinajstić information content (AvgIpc) is 1.99. The van der Waals surface area contributed by atoms with Gasteiger partial charge in [-0.25, -0.2) is 0 Å². The van der Waals surface area contributed by atoms with E-state index in [9.17, 15) is 14.4 Å². The first-order chi connectivity index (χ1) is 6.00. The third-order valence-corrected chi connectivity index (χ3v) is 2.19. The molecule has 5 heteroatoms. The monoisotopic (exact) mass is 291 g/mol. The van der Waals surface area contributed by atoms with Crippen LogP contribution in [0.5, 0.6) is 0 Å². The second-order valence-electron chi connectivity index (χ2n) is 2.46. The first kappa shape index (κ1) is 10.1. The summed E-state index contributed by atoms with van der Waals surface area (Å²) in [6.07, 6.45) is 2.33. The zero-order valence-electron chi connectivity index (χ0n) is 6.76. The second kappa shape index (κ2) is 3.82. The number of carbonyl (C=O) groups is 3. The Morgan fingerprint density at radius 3 is 2.46 bits per heavy atom. The maximum absolute atomic E-state index is 11.2. The van der Waals surface area contributed by atoms with Crippen molar-refractivity contribution in [1.29, 1.82) is 0 Å². The lowest BCUT2D eigenvalue weighted by atomic mass is 10.1. The van der Waals surface area contributed by atoms with Gasteiger partial charge >= 0.3 is 0 Å². The molecule has 1 rings (SSSR count). The summed E-state index contributed by atoms with van der Waals surface area (Å²) in [5.41, 5.74) is 0.0397. The molecule has 0 fully saturated rings. The number of amides is 1. The van der Waals surface area contributed by atoms with E-state index in [4.69, 9.17) is 0 Å². The van der Waals surface area contributed by atoms with Crippen molar-refractivity contribution >= 4 is 40.1 Å². The molecular weight excluding hydrogens is 285 g/mol. The molecule has 0 heterocycles. The normalized spacial score (nSPS) is 16.5. The minimum Gasteiger partial charge on any atom is -0.323 e. The molecule has 0 atom stereocenters. The highest BCUT2D eigenvalue weighted by molar-refractivity contribution is 14.1. The summed E-state index contributed by atoms with van der Waals surface area (Å²) in [6, 6.07) is 0. The third-order valence-electron chi connectivity index (χ3n) is 1.34. The molecule has 0 aromatic heterocycles. The van der Waals surface area contributed by atoms with E-state index in [1.807, 2.05) is 0 Å². The van der Waals surface area contributed by atoms with Crippen LogP contribution in [0.25, 0.3) is 0 Å². The van der Waals surface area contributed by atoms with Crippen LogP contribution in [0.4, 0.5) is 0 Å². The number of carbonyl (C=O) groups excluding carboxylic acids is 3. The van der Waals surface area contributed by atoms with Gasteiger partial charge in [0.25, 0.3) is 0 Å². The molecule has 0 unspecified atom stereocenters. The molecular formula is C8H6INO3. The van der Waals surface area contributed by atoms with Crippen molar-refractivity contribution in [3.8, 4) is 0 Å². The number of halogens is 1. The highest BCUT2D eigenvalue weighted by Gasteiger charge is 2.18. The van der Waals surface area contributed by atoms with E-state index < -0.39 is 0 Å². The van der Waals surface area contributed by atoms with Gasteiger partial charge < -0.3 is 5.32 Å². The average molecular weight is 291 g/mol. The molecule has 1 N–H and O–H groups in total. The van der Waals surface area contributed by atoms with Gasteiger partial charge in [-0.2, -0.15) is 0 Å². The van der Waals surface area contributed by atoms with E-state index in [2.05, 4.69) is 5.32 Å². The fourth-order valence-corrected chi connectivity index (χ4v) is 1.26. The quantitative estimate of drug-likeness (QED) is 0.564. The SMILES string of the molecule is CC(=O)NC1=CC(=O)C(I)=CC1=O. The molecule has 13 heavy (non-hydrogen) atoms. The second-order valence-corrected chi connectivity index (χ2v) is 3.62. The minimum atomic E-state index is -0.363. The zero-order chi connectivity index (χ0) is 10.0. The summed E-state index contributed by atoms with van der Waals surface area (Å²) in [6.45, 7) is 1.28. The van der Waals surface area contributed by atoms with Gasteiger partial charge in [-0.15, -0.1) is 0 Å². The van der Waals surface area contributed by atoms with Gasteiger partial charge in [0.1, 0.15) is 0 Å². The van der Waals surface area contributed by atoms with E-state index in [0.29, 0.717) is 3.58 Å². The maximum atomic E-state index is 11.2. The molecule has 0 aromatic rings. The number of ketones is 2. The first-order valence-electron chi connectivity index (χ1n) is 3.46. The summed E-state index contributed by atoms with van der Waals surface area (Å²) in [4.78, 5) is 32.9. The topological polar surface area (TPSA) is 63.2 Å². The number of allylic oxidation sites excluding steroid dienone is 3. The van der Waals surface area contributed by atoms with E-state index in [1.54, 1.807) is 22.6 Å². The van der Waals surface area contributed by atoms with Crippen LogP contribution < -0.4 is 5.32 Å². The molecule has 0 bridgehead atoms. The standard InChI is InChI=1S/C8H6INO3/c1-4(11)10-6-3-7(12)5(9)2-8(6)13/h2-3H,1H3,(H,10,11). The van der Waals surface area contributed by atoms with Crippen molar-refractivity contribution in [2.24, 2.45) is 0 Å². The Morgan fingerprint density at radius 2 is 1.92 bits per heavy atom. The van der Waals surface area contributed by atoms with Crippen LogP contribution in [0.3, 0.4) is 0 Å². The van der Waals surface area contributed by atoms with Crippen LogP contribution in [0.2, 0.25) is 0 Å². The molecule has 1 amide bonds. The van der Waals surface area contributed by atoms with E-state index in [0.717, 1.165) is 6.08 Å². The van der Waals surface area contributed by atoms with Crippen LogP contribution in [0.1, 0.15) is 6.92 Å². The minimum absolute atomic E-state index is 0.0397. The Labute approximate surface area is 88.2 Å². The summed E-state index contributed by atoms with van der Waals surface area (Å²) >= 11 is 1.78. The van der Waals surface area contributed by atoms with Gasteiger partial charge in [-0.1, -0.05) is 0 Å². The number of hydrogen-bond acceptors (Lipinski definition) is 3. The number of hydrogen-bond donors (Lipinski definition) is 1. The smallest absolute Gasteiger partial charge is 0.221 e. The van der Waals surface area contributed by atoms with Crippen molar-refractivity contribution in [2.45, 2.75) is 6.92 Å². The van der Waals surface area contributed by atoms with Crippen molar-refractivity contribution in [1.82, 2.24) is 5.32 Å². The lowest BCUT2D eigenvalue weighted by Gasteiger charge is -2.08. The van der Waals surface area contributed by atoms with Crippen LogP contribution in [0.15, 0.2) is 21.4 Å². The lowest BCUT2D eigenvalue weighted by Crippen LogP contribution is -2.27. The lowest BCUT2D eigenvalue weighted by molar-refractivity contribution is -0.120. The van der Waals surface area contributed by atoms with Crippen LogP contribution in [-0.2, 0) is 14.4 Å². The highest BCUT2D eigenvalue weighted by atomic mass is 127. The summed E-state index contributed by atoms with van der Waals surface area (Å²) < 4.78 is 0.358. The first-order valence-corrected chi connectivity index (χ1v) is 4.53. The predicted octanol–water partition coefficient (Wildman–Crippen LogP) is 0.477. The molecule has 4 nitrogen and oxygen atoms in total. The van der Waals surface area contributed by atoms with Crippen molar-refractivity contribution in [3.63, 3.8) is 0 Å². The van der Waals surface area contributed by atoms with E-state index >= 15 is 0 Å². The number of nitrogens with one attached hydrogen (secondary N) is 1. The van der Waals surface area contributed by atoms with Gasteiger partial charge in [-0.3, -0.25) is 14.4 Å². The van der Waals surface area contributed by atoms with Crippen LogP contribution in [-0.4, -0.2) is 17.5 Å². The summed E-state index contributed by atoms with van der Waals surface area (Å²) in [5, 5.41) is 2.29. The molecule has 0 saturated heterocycles. The summed E-state index contributed by atoms with van der Waals surface area (Å²) in [7, 11) is 0. The van der Waals surface area contributed by atoms with Gasteiger partial charge in [0.05, 0.1) is 9.28 Å². The molecule has 0 saturated carbocycles. The van der Waals surface area contributed by atoms with Gasteiger partial charge in [0.15, 0.2) is 5.78 Å². The van der Waals surface area contributed by atoms with E-state index in [-0.39, 0.29) is 23.2 Å². The molecule has 1 aliphatic rings. The predicted molar refractivity (Wildman–Crippen MR) is 54.0 cm³/mol. The van der Waals surface area contributed by atoms with Crippen LogP contribution in [0, 0.1) is 0 Å². The molecule has 1 aliphatic carbocycles. The van der Waals surface area contributed by atoms with Crippen molar-refractivity contribution in [2.75, 3.05) is 0 Å². The van der Waals surface area contributed by atoms with Gasteiger partial charge in [-0.05, 0) is 22.6 Å². The molecule has 0 spiro atoms. The Balaban J connectivity index is 2.89. The van der Waals surface area contributed by atoms with E-state index in [1.165, 1.54) is 13.0 Å². The van der Waals surface area contributed by atoms with Gasteiger partial charge in [0, 0.05) is 19.1 Å². The maximum Gasteiger partial charge on any atom is 0.221 e. The molecule has 0 radical (unpaired) electrons. The molecule has 0 aromatic carbocycles. The fourth-order valence-electron chi connectivity index (χ4n) is 0.822. The highest BCUT2D eigenvalue weighted by Crippen LogP contribution is 2.15. The van der Waals surface area contributed by atoms with Crippen molar-refractivity contribution in [3.05, 3.63) is 21.4 Å². The zero-order valence-corrected chi connectivity index (χ0v) is 8.91. The fraction of sp³-hybridized carbons (Fsp3) is 0.125. The Bertz CT molecular complexity index is 354. The Kier molecular flexibility index (Phi) is 2.97. The molecule has 68 valence electrons. The summed E-state index contributed by atoms with van der Waals surface area (Å²) in [5.74, 6) is -0.971. The largest absolute Gasteiger partial charge is 0.323 e. The Morgan fingerprint density at radius 1 is 1.31 bits per heavy atom. The molecule has 0 aliphatic heterocycles. The third kappa shape index (κ3) is 2.48. The number of rotatable bonds is 1. The van der Waals surface area contributed by atoms with Crippen molar-refractivity contribution < 1.29 is 14.4 Å².